The highest BCUT2D eigenvalue weighted by atomic mass is 35.5. The molecule has 0 aliphatic carbocycles. The maximum atomic E-state index is 13.5. The second-order valence-electron chi connectivity index (χ2n) is 11.1. The first-order chi connectivity index (χ1) is 19.8. The molecular formula is C31H33Cl2N5O4. The van der Waals surface area contributed by atoms with Crippen LogP contribution < -0.4 is 16.2 Å². The second-order valence-corrected chi connectivity index (χ2v) is 12.0. The lowest BCUT2D eigenvalue weighted by atomic mass is 9.99. The van der Waals surface area contributed by atoms with Gasteiger partial charge in [0.25, 0.3) is 5.56 Å². The van der Waals surface area contributed by atoms with Crippen molar-refractivity contribution in [2.75, 3.05) is 5.32 Å². The zero-order valence-electron chi connectivity index (χ0n) is 24.0. The van der Waals surface area contributed by atoms with E-state index >= 15 is 0 Å². The number of halogens is 2. The van der Waals surface area contributed by atoms with E-state index in [4.69, 9.17) is 27.9 Å². The molecule has 9 nitrogen and oxygen atoms in total. The lowest BCUT2D eigenvalue weighted by molar-refractivity contribution is -0.118. The van der Waals surface area contributed by atoms with Crippen molar-refractivity contribution in [3.63, 3.8) is 0 Å². The summed E-state index contributed by atoms with van der Waals surface area (Å²) >= 11 is 13.1. The van der Waals surface area contributed by atoms with Gasteiger partial charge in [0.15, 0.2) is 0 Å². The van der Waals surface area contributed by atoms with Gasteiger partial charge in [-0.15, -0.1) is 0 Å². The highest BCUT2D eigenvalue weighted by Crippen LogP contribution is 2.30. The number of amides is 2. The van der Waals surface area contributed by atoms with E-state index in [0.717, 1.165) is 22.3 Å². The van der Waals surface area contributed by atoms with Gasteiger partial charge in [0.05, 0.1) is 11.2 Å². The van der Waals surface area contributed by atoms with Crippen LogP contribution >= 0.6 is 23.2 Å². The Labute approximate surface area is 254 Å². The number of anilines is 1. The Morgan fingerprint density at radius 2 is 1.74 bits per heavy atom. The van der Waals surface area contributed by atoms with Crippen molar-refractivity contribution in [2.45, 2.75) is 58.7 Å². The summed E-state index contributed by atoms with van der Waals surface area (Å²) in [5.74, 6) is -0.484. The molecule has 42 heavy (non-hydrogen) atoms. The number of rotatable bonds is 8. The van der Waals surface area contributed by atoms with Gasteiger partial charge in [0.1, 0.15) is 11.6 Å². The number of aromatic nitrogens is 3. The molecule has 0 aliphatic rings. The van der Waals surface area contributed by atoms with Gasteiger partial charge in [-0.3, -0.25) is 14.7 Å². The number of carbonyl (C=O) groups is 2. The summed E-state index contributed by atoms with van der Waals surface area (Å²) in [6, 6.07) is 12.8. The summed E-state index contributed by atoms with van der Waals surface area (Å²) in [4.78, 5) is 38.6. The van der Waals surface area contributed by atoms with Crippen molar-refractivity contribution < 1.29 is 14.3 Å². The predicted molar refractivity (Wildman–Crippen MR) is 166 cm³/mol. The number of hydrogen-bond donors (Lipinski definition) is 3. The van der Waals surface area contributed by atoms with Crippen LogP contribution in [0.4, 0.5) is 10.5 Å². The van der Waals surface area contributed by atoms with Crippen molar-refractivity contribution in [1.29, 1.82) is 0 Å². The van der Waals surface area contributed by atoms with E-state index < -0.39 is 23.6 Å². The fraction of sp³-hybridized carbons (Fsp3) is 0.290. The van der Waals surface area contributed by atoms with Crippen molar-refractivity contribution in [2.24, 2.45) is 0 Å². The lowest BCUT2D eigenvalue weighted by Crippen LogP contribution is -2.47. The molecule has 1 atom stereocenters. The van der Waals surface area contributed by atoms with Crippen molar-refractivity contribution >= 4 is 40.9 Å². The van der Waals surface area contributed by atoms with Gasteiger partial charge in [0, 0.05) is 52.8 Å². The lowest BCUT2D eigenvalue weighted by Gasteiger charge is -2.24. The maximum Gasteiger partial charge on any atom is 0.408 e. The largest absolute Gasteiger partial charge is 0.444 e. The van der Waals surface area contributed by atoms with E-state index in [2.05, 4.69) is 20.8 Å². The molecule has 4 rings (SSSR count). The molecule has 0 saturated carbocycles. The molecule has 0 saturated heterocycles. The molecule has 4 aromatic rings. The number of hydrogen-bond acceptors (Lipinski definition) is 5. The number of H-pyrrole nitrogens is 1. The fourth-order valence-corrected chi connectivity index (χ4v) is 4.81. The maximum absolute atomic E-state index is 13.5. The van der Waals surface area contributed by atoms with Crippen LogP contribution in [-0.4, -0.2) is 38.4 Å². The van der Waals surface area contributed by atoms with Gasteiger partial charge >= 0.3 is 6.09 Å². The third-order valence-electron chi connectivity index (χ3n) is 6.35. The van der Waals surface area contributed by atoms with E-state index in [1.807, 2.05) is 26.0 Å². The van der Waals surface area contributed by atoms with E-state index in [9.17, 15) is 14.4 Å². The SMILES string of the molecule is CC(C)n1cc(-c2ccc(Cl)c(CC(NC(=O)OC(C)(C)C)C(=O)Nc3ccc(-c4cn[nH]c4)c(Cl)c3)c2)ccc1=O. The molecule has 2 aromatic heterocycles. The van der Waals surface area contributed by atoms with E-state index in [1.54, 1.807) is 74.3 Å². The topological polar surface area (TPSA) is 118 Å². The Kier molecular flexibility index (Phi) is 9.43. The van der Waals surface area contributed by atoms with Gasteiger partial charge in [-0.2, -0.15) is 5.10 Å². The summed E-state index contributed by atoms with van der Waals surface area (Å²) in [5.41, 5.74) is 3.39. The monoisotopic (exact) mass is 609 g/mol. The summed E-state index contributed by atoms with van der Waals surface area (Å²) < 4.78 is 7.07. The Balaban J connectivity index is 1.62. The molecule has 0 fully saturated rings. The van der Waals surface area contributed by atoms with Crippen LogP contribution in [0.25, 0.3) is 22.3 Å². The molecule has 0 radical (unpaired) electrons. The average molecular weight is 611 g/mol. The summed E-state index contributed by atoms with van der Waals surface area (Å²) in [5, 5.41) is 13.1. The van der Waals surface area contributed by atoms with Crippen molar-refractivity contribution in [1.82, 2.24) is 20.1 Å². The summed E-state index contributed by atoms with van der Waals surface area (Å²) in [6.45, 7) is 9.08. The Morgan fingerprint density at radius 3 is 2.38 bits per heavy atom. The Bertz CT molecular complexity index is 1640. The van der Waals surface area contributed by atoms with E-state index in [0.29, 0.717) is 21.3 Å². The van der Waals surface area contributed by atoms with Gasteiger partial charge < -0.3 is 19.9 Å². The fourth-order valence-electron chi connectivity index (χ4n) is 4.32. The number of alkyl carbamates (subject to hydrolysis) is 1. The number of benzene rings is 2. The first-order valence-electron chi connectivity index (χ1n) is 13.4. The van der Waals surface area contributed by atoms with Crippen molar-refractivity contribution in [3.8, 4) is 22.3 Å². The third kappa shape index (κ3) is 7.80. The molecular weight excluding hydrogens is 577 g/mol. The molecule has 0 aliphatic heterocycles. The predicted octanol–water partition coefficient (Wildman–Crippen LogP) is 6.87. The van der Waals surface area contributed by atoms with Crippen LogP contribution in [0.1, 0.15) is 46.2 Å². The van der Waals surface area contributed by atoms with Crippen LogP contribution in [0, 0.1) is 0 Å². The standard InChI is InChI=1S/C31H33Cl2N5O4/c1-18(2)38-17-20(7-11-28(38)39)19-6-10-25(32)21(12-19)13-27(37-30(41)42-31(3,4)5)29(40)36-23-8-9-24(26(33)14-23)22-15-34-35-16-22/h6-12,14-18,27H,13H2,1-5H3,(H,34,35)(H,36,40)(H,37,41). The van der Waals surface area contributed by atoms with Gasteiger partial charge in [-0.25, -0.2) is 4.79 Å². The molecule has 11 heteroatoms. The van der Waals surface area contributed by atoms with E-state index in [1.165, 1.54) is 6.07 Å². The summed E-state index contributed by atoms with van der Waals surface area (Å²) in [6.07, 6.45) is 4.49. The quantitative estimate of drug-likeness (QED) is 0.201. The summed E-state index contributed by atoms with van der Waals surface area (Å²) in [7, 11) is 0. The molecule has 2 amide bonds. The molecule has 3 N–H and O–H groups in total. The number of carbonyl (C=O) groups excluding carboxylic acids is 2. The van der Waals surface area contributed by atoms with Crippen LogP contribution in [0.5, 0.6) is 0 Å². The van der Waals surface area contributed by atoms with Crippen LogP contribution in [0.2, 0.25) is 10.0 Å². The molecule has 1 unspecified atom stereocenters. The number of aromatic amines is 1. The number of nitrogens with zero attached hydrogens (tertiary/aromatic N) is 2. The Hall–Kier alpha value is -4.08. The van der Waals surface area contributed by atoms with Gasteiger partial charge in [-0.05, 0) is 81.6 Å². The minimum absolute atomic E-state index is 0.0161. The number of ether oxygens (including phenoxy) is 1. The Morgan fingerprint density at radius 1 is 1.00 bits per heavy atom. The first kappa shape index (κ1) is 30.9. The zero-order valence-corrected chi connectivity index (χ0v) is 25.5. The third-order valence-corrected chi connectivity index (χ3v) is 7.03. The van der Waals surface area contributed by atoms with E-state index in [-0.39, 0.29) is 18.0 Å². The average Bonchev–Trinajstić information content (AvgIpc) is 3.43. The minimum atomic E-state index is -1.04. The molecule has 2 aromatic carbocycles. The molecule has 2 heterocycles. The van der Waals surface area contributed by atoms with Crippen LogP contribution in [-0.2, 0) is 16.0 Å². The highest BCUT2D eigenvalue weighted by molar-refractivity contribution is 6.33. The smallest absolute Gasteiger partial charge is 0.408 e. The second kappa shape index (κ2) is 12.8. The van der Waals surface area contributed by atoms with Gasteiger partial charge in [-0.1, -0.05) is 35.3 Å². The highest BCUT2D eigenvalue weighted by Gasteiger charge is 2.26. The molecule has 0 bridgehead atoms. The first-order valence-corrected chi connectivity index (χ1v) is 14.2. The number of pyridine rings is 1. The molecule has 220 valence electrons. The number of nitrogens with one attached hydrogen (secondary N) is 3. The minimum Gasteiger partial charge on any atom is -0.444 e. The molecule has 0 spiro atoms. The van der Waals surface area contributed by atoms with Crippen molar-refractivity contribution in [3.05, 3.63) is 93.1 Å². The normalized spacial score (nSPS) is 12.2. The zero-order chi connectivity index (χ0) is 30.6. The van der Waals surface area contributed by atoms with Gasteiger partial charge in [0.2, 0.25) is 5.91 Å². The van der Waals surface area contributed by atoms with Crippen LogP contribution in [0.15, 0.2) is 71.9 Å². The van der Waals surface area contributed by atoms with Crippen LogP contribution in [0.3, 0.4) is 0 Å².